The molecular formula is C24H30O6. The van der Waals surface area contributed by atoms with Crippen LogP contribution in [-0.4, -0.2) is 36.6 Å². The summed E-state index contributed by atoms with van der Waals surface area (Å²) in [7, 11) is 4.82. The second-order valence-electron chi connectivity index (χ2n) is 5.99. The van der Waals surface area contributed by atoms with Crippen molar-refractivity contribution < 1.29 is 29.5 Å². The molecule has 3 rings (SSSR count). The molecule has 0 unspecified atom stereocenters. The number of hydrogen-bond acceptors (Lipinski definition) is 6. The van der Waals surface area contributed by atoms with E-state index in [1.807, 2.05) is 66.7 Å². The van der Waals surface area contributed by atoms with Crippen LogP contribution in [0.5, 0.6) is 17.2 Å². The van der Waals surface area contributed by atoms with Gasteiger partial charge in [-0.3, -0.25) is 0 Å². The van der Waals surface area contributed by atoms with Gasteiger partial charge in [0.05, 0.1) is 41.2 Å². The van der Waals surface area contributed by atoms with E-state index in [2.05, 4.69) is 0 Å². The third-order valence-electron chi connectivity index (χ3n) is 4.02. The standard InChI is InChI=1S/3C8H10O2/c1-10-8-4-2-7(6-9)3-5-8;1-10-8-4-2-3-7(5-8)6-9;1-10-8-5-3-2-4-7(8)6-9/h3*2-5,9H,6H2,1H3. The van der Waals surface area contributed by atoms with Crippen molar-refractivity contribution >= 4 is 0 Å². The minimum absolute atomic E-state index is 0.0318. The molecule has 3 N–H and O–H groups in total. The van der Waals surface area contributed by atoms with Crippen LogP contribution in [0.25, 0.3) is 0 Å². The summed E-state index contributed by atoms with van der Waals surface area (Å²) < 4.78 is 14.9. The Labute approximate surface area is 177 Å². The first-order chi connectivity index (χ1) is 14.6. The van der Waals surface area contributed by atoms with Crippen molar-refractivity contribution in [1.29, 1.82) is 0 Å². The third kappa shape index (κ3) is 8.96. The fraction of sp³-hybridized carbons (Fsp3) is 0.250. The third-order valence-corrected chi connectivity index (χ3v) is 4.02. The highest BCUT2D eigenvalue weighted by molar-refractivity contribution is 5.32. The molecule has 0 amide bonds. The van der Waals surface area contributed by atoms with Gasteiger partial charge in [-0.25, -0.2) is 0 Å². The van der Waals surface area contributed by atoms with Gasteiger partial charge in [0.25, 0.3) is 0 Å². The lowest BCUT2D eigenvalue weighted by Crippen LogP contribution is -1.89. The molecule has 0 aliphatic carbocycles. The summed E-state index contributed by atoms with van der Waals surface area (Å²) in [6.45, 7) is 0.186. The maximum absolute atomic E-state index is 8.77. The smallest absolute Gasteiger partial charge is 0.124 e. The van der Waals surface area contributed by atoms with Gasteiger partial charge in [-0.15, -0.1) is 0 Å². The molecule has 0 fully saturated rings. The number of aliphatic hydroxyl groups is 3. The fourth-order valence-electron chi connectivity index (χ4n) is 2.34. The van der Waals surface area contributed by atoms with E-state index in [4.69, 9.17) is 29.5 Å². The van der Waals surface area contributed by atoms with Gasteiger partial charge < -0.3 is 29.5 Å². The van der Waals surface area contributed by atoms with Crippen LogP contribution in [0.1, 0.15) is 16.7 Å². The average Bonchev–Trinajstić information content (AvgIpc) is 2.84. The van der Waals surface area contributed by atoms with E-state index in [0.29, 0.717) is 0 Å². The van der Waals surface area contributed by atoms with Crippen molar-refractivity contribution in [2.24, 2.45) is 0 Å². The van der Waals surface area contributed by atoms with Crippen molar-refractivity contribution in [3.63, 3.8) is 0 Å². The van der Waals surface area contributed by atoms with Crippen LogP contribution in [0.3, 0.4) is 0 Å². The number of hydrogen-bond donors (Lipinski definition) is 3. The molecule has 0 radical (unpaired) electrons. The Morgan fingerprint density at radius 3 is 1.70 bits per heavy atom. The first-order valence-corrected chi connectivity index (χ1v) is 9.32. The van der Waals surface area contributed by atoms with E-state index < -0.39 is 0 Å². The van der Waals surface area contributed by atoms with Crippen LogP contribution >= 0.6 is 0 Å². The predicted molar refractivity (Wildman–Crippen MR) is 117 cm³/mol. The van der Waals surface area contributed by atoms with Crippen molar-refractivity contribution in [1.82, 2.24) is 0 Å². The summed E-state index contributed by atoms with van der Waals surface area (Å²) in [5, 5.41) is 26.1. The summed E-state index contributed by atoms with van der Waals surface area (Å²) in [5.74, 6) is 2.34. The summed E-state index contributed by atoms with van der Waals surface area (Å²) >= 11 is 0. The predicted octanol–water partition coefficient (Wildman–Crippen LogP) is 3.56. The Morgan fingerprint density at radius 2 is 1.20 bits per heavy atom. The summed E-state index contributed by atoms with van der Waals surface area (Å²) in [5.41, 5.74) is 2.60. The van der Waals surface area contributed by atoms with E-state index in [-0.39, 0.29) is 19.8 Å². The zero-order valence-electron chi connectivity index (χ0n) is 17.6. The highest BCUT2D eigenvalue weighted by Gasteiger charge is 1.96. The van der Waals surface area contributed by atoms with Gasteiger partial charge in [0.1, 0.15) is 17.2 Å². The minimum Gasteiger partial charge on any atom is -0.497 e. The second kappa shape index (κ2) is 14.9. The normalized spacial score (nSPS) is 9.40. The van der Waals surface area contributed by atoms with Crippen LogP contribution in [-0.2, 0) is 19.8 Å². The first-order valence-electron chi connectivity index (χ1n) is 9.32. The summed E-state index contributed by atoms with van der Waals surface area (Å²) in [6.07, 6.45) is 0. The Kier molecular flexibility index (Phi) is 12.4. The first kappa shape index (κ1) is 25.0. The SMILES string of the molecule is COc1ccc(CO)cc1.COc1cccc(CO)c1.COc1ccccc1CO. The minimum atomic E-state index is 0.0318. The topological polar surface area (TPSA) is 88.4 Å². The van der Waals surface area contributed by atoms with Gasteiger partial charge in [-0.1, -0.05) is 42.5 Å². The van der Waals surface area contributed by atoms with E-state index in [0.717, 1.165) is 33.9 Å². The Bertz CT molecular complexity index is 768. The maximum atomic E-state index is 8.77. The number of ether oxygens (including phenoxy) is 3. The highest BCUT2D eigenvalue weighted by atomic mass is 16.5. The lowest BCUT2D eigenvalue weighted by atomic mass is 10.2. The second-order valence-corrected chi connectivity index (χ2v) is 5.99. The van der Waals surface area contributed by atoms with E-state index in [1.165, 1.54) is 0 Å². The maximum Gasteiger partial charge on any atom is 0.124 e. The highest BCUT2D eigenvalue weighted by Crippen LogP contribution is 2.16. The van der Waals surface area contributed by atoms with Gasteiger partial charge in [0.2, 0.25) is 0 Å². The van der Waals surface area contributed by atoms with Gasteiger partial charge in [-0.05, 0) is 41.5 Å². The number of para-hydroxylation sites is 1. The fourth-order valence-corrected chi connectivity index (χ4v) is 2.34. The number of benzene rings is 3. The van der Waals surface area contributed by atoms with Crippen LogP contribution in [0.2, 0.25) is 0 Å². The molecule has 6 nitrogen and oxygen atoms in total. The van der Waals surface area contributed by atoms with Crippen LogP contribution < -0.4 is 14.2 Å². The Balaban J connectivity index is 0.000000225. The average molecular weight is 414 g/mol. The molecule has 3 aromatic rings. The zero-order chi connectivity index (χ0) is 22.2. The molecule has 0 saturated carbocycles. The van der Waals surface area contributed by atoms with Gasteiger partial charge in [0, 0.05) is 5.56 Å². The molecule has 0 aliphatic rings. The number of methoxy groups -OCH3 is 3. The van der Waals surface area contributed by atoms with Crippen molar-refractivity contribution in [3.05, 3.63) is 89.5 Å². The zero-order valence-corrected chi connectivity index (χ0v) is 17.6. The molecule has 6 heteroatoms. The molecule has 0 heterocycles. The van der Waals surface area contributed by atoms with Crippen molar-refractivity contribution in [2.45, 2.75) is 19.8 Å². The Hall–Kier alpha value is -3.06. The van der Waals surface area contributed by atoms with Crippen LogP contribution in [0, 0.1) is 0 Å². The molecule has 0 aliphatic heterocycles. The molecular weight excluding hydrogens is 384 g/mol. The quantitative estimate of drug-likeness (QED) is 0.572. The van der Waals surface area contributed by atoms with Crippen LogP contribution in [0.15, 0.2) is 72.8 Å². The molecule has 0 bridgehead atoms. The molecule has 162 valence electrons. The molecule has 3 aromatic carbocycles. The van der Waals surface area contributed by atoms with Gasteiger partial charge in [0.15, 0.2) is 0 Å². The van der Waals surface area contributed by atoms with Crippen molar-refractivity contribution in [3.8, 4) is 17.2 Å². The lowest BCUT2D eigenvalue weighted by molar-refractivity contribution is 0.274. The molecule has 30 heavy (non-hydrogen) atoms. The lowest BCUT2D eigenvalue weighted by Gasteiger charge is -2.03. The summed E-state index contributed by atoms with van der Waals surface area (Å²) in [4.78, 5) is 0. The number of rotatable bonds is 6. The van der Waals surface area contributed by atoms with Crippen molar-refractivity contribution in [2.75, 3.05) is 21.3 Å². The van der Waals surface area contributed by atoms with Gasteiger partial charge in [-0.2, -0.15) is 0 Å². The molecule has 0 atom stereocenters. The van der Waals surface area contributed by atoms with E-state index >= 15 is 0 Å². The Morgan fingerprint density at radius 1 is 0.567 bits per heavy atom. The molecule has 0 spiro atoms. The van der Waals surface area contributed by atoms with Gasteiger partial charge >= 0.3 is 0 Å². The molecule has 0 aromatic heterocycles. The summed E-state index contributed by atoms with van der Waals surface area (Å²) in [6, 6.07) is 22.1. The van der Waals surface area contributed by atoms with Crippen LogP contribution in [0.4, 0.5) is 0 Å². The number of aliphatic hydroxyl groups excluding tert-OH is 3. The van der Waals surface area contributed by atoms with E-state index in [1.54, 1.807) is 27.4 Å². The monoisotopic (exact) mass is 414 g/mol. The largest absolute Gasteiger partial charge is 0.497 e. The van der Waals surface area contributed by atoms with E-state index in [9.17, 15) is 0 Å². The molecule has 0 saturated heterocycles.